The van der Waals surface area contributed by atoms with Crippen LogP contribution in [0.3, 0.4) is 0 Å². The van der Waals surface area contributed by atoms with Crippen molar-refractivity contribution in [2.75, 3.05) is 20.2 Å². The Balaban J connectivity index is 1.81. The van der Waals surface area contributed by atoms with Gasteiger partial charge >= 0.3 is 0 Å². The molecule has 1 aliphatic rings. The van der Waals surface area contributed by atoms with Gasteiger partial charge in [-0.05, 0) is 38.5 Å². The van der Waals surface area contributed by atoms with E-state index in [2.05, 4.69) is 41.6 Å². The van der Waals surface area contributed by atoms with Gasteiger partial charge in [-0.2, -0.15) is 0 Å². The summed E-state index contributed by atoms with van der Waals surface area (Å²) in [6, 6.07) is 0. The molecule has 1 aromatic rings. The Morgan fingerprint density at radius 2 is 2.00 bits per heavy atom. The molecule has 148 valence electrons. The summed E-state index contributed by atoms with van der Waals surface area (Å²) in [4.78, 5) is 4.34. The van der Waals surface area contributed by atoms with Crippen LogP contribution in [0.2, 0.25) is 0 Å². The average Bonchev–Trinajstić information content (AvgIpc) is 3.32. The molecule has 1 aliphatic carbocycles. The van der Waals surface area contributed by atoms with Gasteiger partial charge in [-0.1, -0.05) is 31.8 Å². The highest BCUT2D eigenvalue weighted by atomic mass is 16.5. The van der Waals surface area contributed by atoms with Gasteiger partial charge in [0.2, 0.25) is 0 Å². The molecule has 6 nitrogen and oxygen atoms in total. The highest BCUT2D eigenvalue weighted by Crippen LogP contribution is 2.30. The SMILES string of the molecule is CCOC(CCNC(=NC)NCc1c(CC)noc1CC)C1CCCC1. The van der Waals surface area contributed by atoms with Crippen LogP contribution in [-0.4, -0.2) is 37.4 Å². The van der Waals surface area contributed by atoms with Crippen LogP contribution in [0.5, 0.6) is 0 Å². The molecule has 1 aromatic heterocycles. The van der Waals surface area contributed by atoms with Crippen molar-refractivity contribution in [3.63, 3.8) is 0 Å². The van der Waals surface area contributed by atoms with E-state index < -0.39 is 0 Å². The van der Waals surface area contributed by atoms with Crippen LogP contribution in [0.4, 0.5) is 0 Å². The van der Waals surface area contributed by atoms with Crippen LogP contribution in [-0.2, 0) is 24.1 Å². The minimum atomic E-state index is 0.365. The first-order valence-corrected chi connectivity index (χ1v) is 10.3. The first-order valence-electron chi connectivity index (χ1n) is 10.3. The number of aliphatic imine (C=N–C) groups is 1. The van der Waals surface area contributed by atoms with E-state index in [0.717, 1.165) is 61.3 Å². The van der Waals surface area contributed by atoms with Gasteiger partial charge in [0.1, 0.15) is 5.76 Å². The number of guanidine groups is 1. The topological polar surface area (TPSA) is 71.7 Å². The fourth-order valence-electron chi connectivity index (χ4n) is 3.86. The highest BCUT2D eigenvalue weighted by Gasteiger charge is 2.25. The molecule has 6 heteroatoms. The third-order valence-corrected chi connectivity index (χ3v) is 5.29. The van der Waals surface area contributed by atoms with Crippen LogP contribution in [0.1, 0.15) is 69.9 Å². The molecule has 1 fully saturated rings. The fraction of sp³-hybridized carbons (Fsp3) is 0.800. The number of hydrogen-bond donors (Lipinski definition) is 2. The van der Waals surface area contributed by atoms with Crippen molar-refractivity contribution >= 4 is 5.96 Å². The molecule has 0 amide bonds. The quantitative estimate of drug-likeness (QED) is 0.491. The van der Waals surface area contributed by atoms with Crippen LogP contribution in [0.25, 0.3) is 0 Å². The van der Waals surface area contributed by atoms with E-state index in [4.69, 9.17) is 9.26 Å². The van der Waals surface area contributed by atoms with Gasteiger partial charge in [0.15, 0.2) is 5.96 Å². The van der Waals surface area contributed by atoms with E-state index in [0.29, 0.717) is 12.6 Å². The molecule has 2 N–H and O–H groups in total. The normalized spacial score (nSPS) is 16.8. The zero-order chi connectivity index (χ0) is 18.8. The monoisotopic (exact) mass is 364 g/mol. The summed E-state index contributed by atoms with van der Waals surface area (Å²) in [7, 11) is 1.81. The molecular weight excluding hydrogens is 328 g/mol. The van der Waals surface area contributed by atoms with Crippen LogP contribution in [0, 0.1) is 5.92 Å². The Labute approximate surface area is 158 Å². The maximum atomic E-state index is 6.00. The lowest BCUT2D eigenvalue weighted by molar-refractivity contribution is 0.0169. The van der Waals surface area contributed by atoms with E-state index in [1.54, 1.807) is 7.05 Å². The van der Waals surface area contributed by atoms with Crippen molar-refractivity contribution in [2.45, 2.75) is 78.4 Å². The second-order valence-corrected chi connectivity index (χ2v) is 6.92. The Morgan fingerprint density at radius 1 is 1.23 bits per heavy atom. The number of nitrogens with one attached hydrogen (secondary N) is 2. The highest BCUT2D eigenvalue weighted by molar-refractivity contribution is 5.79. The van der Waals surface area contributed by atoms with Crippen molar-refractivity contribution in [3.05, 3.63) is 17.0 Å². The lowest BCUT2D eigenvalue weighted by atomic mass is 9.98. The van der Waals surface area contributed by atoms with E-state index >= 15 is 0 Å². The number of rotatable bonds is 10. The van der Waals surface area contributed by atoms with Crippen molar-refractivity contribution < 1.29 is 9.26 Å². The van der Waals surface area contributed by atoms with Gasteiger partial charge < -0.3 is 19.9 Å². The summed E-state index contributed by atoms with van der Waals surface area (Å²) in [5, 5.41) is 11.0. The van der Waals surface area contributed by atoms with Crippen molar-refractivity contribution in [2.24, 2.45) is 10.9 Å². The molecule has 0 bridgehead atoms. The maximum Gasteiger partial charge on any atom is 0.191 e. The summed E-state index contributed by atoms with van der Waals surface area (Å²) < 4.78 is 11.4. The predicted octanol–water partition coefficient (Wildman–Crippen LogP) is 3.45. The van der Waals surface area contributed by atoms with Crippen molar-refractivity contribution in [1.29, 1.82) is 0 Å². The van der Waals surface area contributed by atoms with E-state index in [1.807, 2.05) is 0 Å². The van der Waals surface area contributed by atoms with Gasteiger partial charge in [0.05, 0.1) is 11.8 Å². The first kappa shape index (κ1) is 20.7. The average molecular weight is 365 g/mol. The van der Waals surface area contributed by atoms with Gasteiger partial charge in [0.25, 0.3) is 0 Å². The summed E-state index contributed by atoms with van der Waals surface area (Å²) in [6.07, 6.45) is 8.44. The lowest BCUT2D eigenvalue weighted by Gasteiger charge is -2.24. The van der Waals surface area contributed by atoms with Gasteiger partial charge in [-0.3, -0.25) is 4.99 Å². The molecular formula is C20H36N4O2. The van der Waals surface area contributed by atoms with E-state index in [1.165, 1.54) is 25.7 Å². The van der Waals surface area contributed by atoms with Crippen molar-refractivity contribution in [3.8, 4) is 0 Å². The minimum Gasteiger partial charge on any atom is -0.378 e. The zero-order valence-corrected chi connectivity index (χ0v) is 16.9. The number of nitrogens with zero attached hydrogens (tertiary/aromatic N) is 2. The molecule has 1 atom stereocenters. The smallest absolute Gasteiger partial charge is 0.191 e. The van der Waals surface area contributed by atoms with E-state index in [-0.39, 0.29) is 0 Å². The van der Waals surface area contributed by atoms with Gasteiger partial charge in [0, 0.05) is 38.7 Å². The summed E-state index contributed by atoms with van der Waals surface area (Å²) in [5.41, 5.74) is 2.19. The largest absolute Gasteiger partial charge is 0.378 e. The van der Waals surface area contributed by atoms with Crippen LogP contribution < -0.4 is 10.6 Å². The molecule has 1 unspecified atom stereocenters. The summed E-state index contributed by atoms with van der Waals surface area (Å²) in [5.74, 6) is 2.50. The number of aromatic nitrogens is 1. The lowest BCUT2D eigenvalue weighted by Crippen LogP contribution is -2.39. The van der Waals surface area contributed by atoms with E-state index in [9.17, 15) is 0 Å². The molecule has 0 saturated heterocycles. The summed E-state index contributed by atoms with van der Waals surface area (Å²) in [6.45, 7) is 8.63. The Bertz CT molecular complexity index is 529. The molecule has 1 saturated carbocycles. The Morgan fingerprint density at radius 3 is 2.62 bits per heavy atom. The third-order valence-electron chi connectivity index (χ3n) is 5.29. The second kappa shape index (κ2) is 11.2. The number of ether oxygens (including phenoxy) is 1. The molecule has 0 aliphatic heterocycles. The molecule has 1 heterocycles. The van der Waals surface area contributed by atoms with Crippen molar-refractivity contribution in [1.82, 2.24) is 15.8 Å². The second-order valence-electron chi connectivity index (χ2n) is 6.92. The number of hydrogen-bond acceptors (Lipinski definition) is 4. The number of aryl methyl sites for hydroxylation is 2. The van der Waals surface area contributed by atoms with Gasteiger partial charge in [-0.25, -0.2) is 0 Å². The van der Waals surface area contributed by atoms with Gasteiger partial charge in [-0.15, -0.1) is 0 Å². The third kappa shape index (κ3) is 5.73. The summed E-state index contributed by atoms with van der Waals surface area (Å²) >= 11 is 0. The molecule has 2 rings (SSSR count). The minimum absolute atomic E-state index is 0.365. The maximum absolute atomic E-state index is 6.00. The first-order chi connectivity index (χ1) is 12.7. The molecule has 0 radical (unpaired) electrons. The molecule has 0 spiro atoms. The predicted molar refractivity (Wildman–Crippen MR) is 105 cm³/mol. The molecule has 0 aromatic carbocycles. The van der Waals surface area contributed by atoms with Crippen LogP contribution in [0.15, 0.2) is 9.52 Å². The molecule has 26 heavy (non-hydrogen) atoms. The Kier molecular flexibility index (Phi) is 8.95. The van der Waals surface area contributed by atoms with Crippen LogP contribution >= 0.6 is 0 Å². The Hall–Kier alpha value is -1.56. The fourth-order valence-corrected chi connectivity index (χ4v) is 3.86. The standard InChI is InChI=1S/C20H36N4O2/c1-5-17-16(18(6-2)26-24-17)14-23-20(21-4)22-13-12-19(25-7-3)15-10-8-9-11-15/h15,19H,5-14H2,1-4H3,(H2,21,22,23). The zero-order valence-electron chi connectivity index (χ0n) is 16.9.